The molecule has 2 aliphatic rings. The number of nitrogens with two attached hydrogens (primary N) is 1. The average Bonchev–Trinajstić information content (AvgIpc) is 3.01. The van der Waals surface area contributed by atoms with Crippen molar-refractivity contribution >= 4 is 47.4 Å². The molecular weight excluding hydrogens is 397 g/mol. The number of rotatable bonds is 3. The van der Waals surface area contributed by atoms with E-state index in [1.807, 2.05) is 4.90 Å². The summed E-state index contributed by atoms with van der Waals surface area (Å²) in [5, 5.41) is 0.650. The van der Waals surface area contributed by atoms with E-state index in [9.17, 15) is 9.59 Å². The minimum Gasteiger partial charge on any atom is -0.339 e. The van der Waals surface area contributed by atoms with E-state index in [-0.39, 0.29) is 35.3 Å². The van der Waals surface area contributed by atoms with Crippen molar-refractivity contribution < 1.29 is 9.59 Å². The molecule has 0 aromatic heterocycles. The molecule has 1 heterocycles. The van der Waals surface area contributed by atoms with Crippen LogP contribution in [-0.2, 0) is 4.79 Å². The molecule has 1 aliphatic carbocycles. The lowest BCUT2D eigenvalue weighted by Gasteiger charge is -2.35. The number of halogens is 3. The molecule has 2 amide bonds. The molecule has 0 unspecified atom stereocenters. The van der Waals surface area contributed by atoms with E-state index in [0.29, 0.717) is 49.1 Å². The van der Waals surface area contributed by atoms with E-state index in [0.717, 1.165) is 19.3 Å². The highest BCUT2D eigenvalue weighted by Crippen LogP contribution is 2.28. The van der Waals surface area contributed by atoms with Crippen LogP contribution in [0.15, 0.2) is 18.2 Å². The van der Waals surface area contributed by atoms with Gasteiger partial charge in [-0.3, -0.25) is 9.59 Å². The van der Waals surface area contributed by atoms with Gasteiger partial charge in [0.1, 0.15) is 0 Å². The number of benzene rings is 1. The van der Waals surface area contributed by atoms with Gasteiger partial charge in [-0.05, 0) is 30.9 Å². The molecule has 2 fully saturated rings. The Morgan fingerprint density at radius 1 is 1.08 bits per heavy atom. The van der Waals surface area contributed by atoms with Gasteiger partial charge >= 0.3 is 0 Å². The van der Waals surface area contributed by atoms with Gasteiger partial charge in [-0.25, -0.2) is 0 Å². The van der Waals surface area contributed by atoms with E-state index in [2.05, 4.69) is 0 Å². The number of nitrogens with zero attached hydrogens (tertiary/aromatic N) is 2. The fourth-order valence-electron chi connectivity index (χ4n) is 3.67. The molecule has 1 aromatic carbocycles. The van der Waals surface area contributed by atoms with Crippen molar-refractivity contribution in [2.75, 3.05) is 26.2 Å². The highest BCUT2D eigenvalue weighted by Gasteiger charge is 2.30. The van der Waals surface area contributed by atoms with Crippen molar-refractivity contribution in [2.45, 2.75) is 31.7 Å². The van der Waals surface area contributed by atoms with Crippen LogP contribution in [0.25, 0.3) is 0 Å². The van der Waals surface area contributed by atoms with Crippen LogP contribution in [0.5, 0.6) is 0 Å². The predicted octanol–water partition coefficient (Wildman–Crippen LogP) is 3.22. The van der Waals surface area contributed by atoms with Gasteiger partial charge in [-0.2, -0.15) is 0 Å². The number of hydrogen-bond acceptors (Lipinski definition) is 3. The van der Waals surface area contributed by atoms with Gasteiger partial charge in [0, 0.05) is 38.6 Å². The van der Waals surface area contributed by atoms with Gasteiger partial charge in [0.15, 0.2) is 0 Å². The summed E-state index contributed by atoms with van der Waals surface area (Å²) >= 11 is 12.1. The van der Waals surface area contributed by atoms with E-state index in [1.165, 1.54) is 0 Å². The molecular formula is C18H24Cl3N3O2. The van der Waals surface area contributed by atoms with Gasteiger partial charge in [0.25, 0.3) is 5.91 Å². The summed E-state index contributed by atoms with van der Waals surface area (Å²) in [5.41, 5.74) is 6.47. The van der Waals surface area contributed by atoms with Crippen LogP contribution in [0, 0.1) is 5.92 Å². The number of amides is 2. The summed E-state index contributed by atoms with van der Waals surface area (Å²) in [7, 11) is 0. The number of hydrogen-bond donors (Lipinski definition) is 1. The third kappa shape index (κ3) is 4.63. The van der Waals surface area contributed by atoms with Crippen LogP contribution in [-0.4, -0.2) is 53.8 Å². The zero-order chi connectivity index (χ0) is 18.0. The van der Waals surface area contributed by atoms with Crippen molar-refractivity contribution in [3.05, 3.63) is 33.8 Å². The topological polar surface area (TPSA) is 66.6 Å². The second-order valence-corrected chi connectivity index (χ2v) is 7.62. The maximum absolute atomic E-state index is 12.6. The molecule has 2 N–H and O–H groups in total. The van der Waals surface area contributed by atoms with Crippen molar-refractivity contribution in [3.63, 3.8) is 0 Å². The lowest BCUT2D eigenvalue weighted by molar-refractivity contribution is -0.133. The largest absolute Gasteiger partial charge is 0.339 e. The Morgan fingerprint density at radius 3 is 2.35 bits per heavy atom. The first kappa shape index (κ1) is 21.3. The first-order valence-corrected chi connectivity index (χ1v) is 9.49. The Balaban J connectivity index is 0.00000243. The highest BCUT2D eigenvalue weighted by atomic mass is 35.5. The van der Waals surface area contributed by atoms with Crippen LogP contribution in [0.3, 0.4) is 0 Å². The maximum Gasteiger partial charge on any atom is 0.255 e. The summed E-state index contributed by atoms with van der Waals surface area (Å²) in [5.74, 6) is 0.310. The van der Waals surface area contributed by atoms with Gasteiger partial charge in [-0.15, -0.1) is 12.4 Å². The first-order valence-electron chi connectivity index (χ1n) is 8.74. The predicted molar refractivity (Wildman–Crippen MR) is 106 cm³/mol. The highest BCUT2D eigenvalue weighted by molar-refractivity contribution is 6.43. The van der Waals surface area contributed by atoms with E-state index < -0.39 is 0 Å². The van der Waals surface area contributed by atoms with E-state index in [1.54, 1.807) is 23.1 Å². The van der Waals surface area contributed by atoms with Crippen molar-refractivity contribution in [1.29, 1.82) is 0 Å². The molecule has 1 saturated carbocycles. The van der Waals surface area contributed by atoms with Gasteiger partial charge < -0.3 is 15.5 Å². The van der Waals surface area contributed by atoms with Gasteiger partial charge in [0.05, 0.1) is 15.6 Å². The summed E-state index contributed by atoms with van der Waals surface area (Å²) in [6.45, 7) is 2.10. The maximum atomic E-state index is 12.6. The lowest BCUT2D eigenvalue weighted by Crippen LogP contribution is -2.51. The fraction of sp³-hybridized carbons (Fsp3) is 0.556. The van der Waals surface area contributed by atoms with E-state index in [4.69, 9.17) is 28.9 Å². The smallest absolute Gasteiger partial charge is 0.255 e. The fourth-order valence-corrected chi connectivity index (χ4v) is 4.05. The number of piperazine rings is 1. The number of carbonyl (C=O) groups excluding carboxylic acids is 2. The van der Waals surface area contributed by atoms with Gasteiger partial charge in [0.2, 0.25) is 5.91 Å². The van der Waals surface area contributed by atoms with Crippen molar-refractivity contribution in [1.82, 2.24) is 9.80 Å². The molecule has 2 atom stereocenters. The Bertz CT molecular complexity index is 663. The lowest BCUT2D eigenvalue weighted by atomic mass is 9.99. The monoisotopic (exact) mass is 419 g/mol. The minimum atomic E-state index is -0.141. The van der Waals surface area contributed by atoms with Crippen LogP contribution in [0.1, 0.15) is 36.0 Å². The normalized spacial score (nSPS) is 22.9. The Morgan fingerprint density at radius 2 is 1.73 bits per heavy atom. The number of carbonyl (C=O) groups is 2. The van der Waals surface area contributed by atoms with Crippen molar-refractivity contribution in [3.8, 4) is 0 Å². The van der Waals surface area contributed by atoms with Crippen LogP contribution in [0.2, 0.25) is 10.0 Å². The molecule has 1 saturated heterocycles. The molecule has 0 radical (unpaired) electrons. The molecule has 1 aliphatic heterocycles. The third-order valence-corrected chi connectivity index (χ3v) is 6.08. The zero-order valence-corrected chi connectivity index (χ0v) is 16.8. The molecule has 0 spiro atoms. The quantitative estimate of drug-likeness (QED) is 0.816. The Labute approximate surface area is 170 Å². The molecule has 1 aromatic rings. The molecule has 144 valence electrons. The van der Waals surface area contributed by atoms with Gasteiger partial charge in [-0.1, -0.05) is 35.7 Å². The molecule has 3 rings (SSSR count). The summed E-state index contributed by atoms with van der Waals surface area (Å²) in [6.07, 6.45) is 3.69. The zero-order valence-electron chi connectivity index (χ0n) is 14.5. The molecule has 5 nitrogen and oxygen atoms in total. The van der Waals surface area contributed by atoms with Crippen LogP contribution >= 0.6 is 35.6 Å². The summed E-state index contributed by atoms with van der Waals surface area (Å²) in [4.78, 5) is 28.7. The summed E-state index contributed by atoms with van der Waals surface area (Å²) in [6, 6.07) is 5.20. The third-order valence-electron chi connectivity index (χ3n) is 5.26. The SMILES string of the molecule is Cl.N[C@@H]1CCC[C@H]1CC(=O)N1CCN(C(=O)c2cccc(Cl)c2Cl)CC1. The molecule has 0 bridgehead atoms. The van der Waals surface area contributed by atoms with E-state index >= 15 is 0 Å². The molecule has 26 heavy (non-hydrogen) atoms. The second-order valence-electron chi connectivity index (χ2n) is 6.83. The molecule has 8 heteroatoms. The van der Waals surface area contributed by atoms with Crippen LogP contribution in [0.4, 0.5) is 0 Å². The Hall–Kier alpha value is -1.01. The standard InChI is InChI=1S/C18H23Cl2N3O2.ClH/c19-14-5-2-4-13(17(14)20)18(25)23-9-7-22(8-10-23)16(24)11-12-3-1-6-15(12)21;/h2,4-5,12,15H,1,3,6-11,21H2;1H/t12-,15+;/m0./s1. The summed E-state index contributed by atoms with van der Waals surface area (Å²) < 4.78 is 0. The average molecular weight is 421 g/mol. The minimum absolute atomic E-state index is 0. The first-order chi connectivity index (χ1) is 12.0. The van der Waals surface area contributed by atoms with Crippen LogP contribution < -0.4 is 5.73 Å². The van der Waals surface area contributed by atoms with Crippen molar-refractivity contribution in [2.24, 2.45) is 11.7 Å². The Kier molecular flexibility index (Phi) is 7.59. The second kappa shape index (κ2) is 9.27.